The monoisotopic (exact) mass is 184 g/mol. The molecule has 0 aromatic rings. The molecule has 1 aliphatic heterocycles. The second-order valence-corrected chi connectivity index (χ2v) is 3.73. The summed E-state index contributed by atoms with van der Waals surface area (Å²) in [6, 6.07) is 0. The highest BCUT2D eigenvalue weighted by molar-refractivity contribution is 5.47. The molecule has 0 bridgehead atoms. The van der Waals surface area contributed by atoms with Crippen LogP contribution in [0.5, 0.6) is 0 Å². The first-order valence-electron chi connectivity index (χ1n) is 5.27. The largest absolute Gasteiger partial charge is 0.345 e. The number of hydrogen-bond donors (Lipinski definition) is 1. The van der Waals surface area contributed by atoms with Crippen molar-refractivity contribution in [3.8, 4) is 0 Å². The van der Waals surface area contributed by atoms with Gasteiger partial charge in [-0.2, -0.15) is 0 Å². The lowest BCUT2D eigenvalue weighted by molar-refractivity contribution is -0.119. The lowest BCUT2D eigenvalue weighted by Crippen LogP contribution is -2.33. The Labute approximate surface area is 80.5 Å². The zero-order chi connectivity index (χ0) is 9.52. The molecule has 1 amide bonds. The fraction of sp³-hybridized carbons (Fsp3) is 0.900. The lowest BCUT2D eigenvalue weighted by atomic mass is 9.94. The van der Waals surface area contributed by atoms with Gasteiger partial charge in [0.1, 0.15) is 0 Å². The Morgan fingerprint density at radius 1 is 1.46 bits per heavy atom. The highest BCUT2D eigenvalue weighted by Crippen LogP contribution is 2.18. The summed E-state index contributed by atoms with van der Waals surface area (Å²) in [4.78, 5) is 12.3. The number of amides is 1. The Balaban J connectivity index is 2.07. The van der Waals surface area contributed by atoms with E-state index in [1.165, 1.54) is 19.3 Å². The maximum Gasteiger partial charge on any atom is 0.209 e. The Morgan fingerprint density at radius 3 is 2.69 bits per heavy atom. The third-order valence-corrected chi connectivity index (χ3v) is 2.78. The molecule has 3 heteroatoms. The minimum Gasteiger partial charge on any atom is -0.345 e. The maximum atomic E-state index is 10.4. The van der Waals surface area contributed by atoms with E-state index >= 15 is 0 Å². The van der Waals surface area contributed by atoms with Crippen LogP contribution >= 0.6 is 0 Å². The minimum absolute atomic E-state index is 0.829. The average Bonchev–Trinajstić information content (AvgIpc) is 2.19. The highest BCUT2D eigenvalue weighted by atomic mass is 16.1. The molecule has 3 nitrogen and oxygen atoms in total. The van der Waals surface area contributed by atoms with Gasteiger partial charge < -0.3 is 10.2 Å². The zero-order valence-electron chi connectivity index (χ0n) is 8.46. The normalized spacial score (nSPS) is 19.0. The number of carbonyl (C=O) groups is 1. The molecule has 1 rings (SSSR count). The molecule has 1 saturated heterocycles. The smallest absolute Gasteiger partial charge is 0.209 e. The van der Waals surface area contributed by atoms with E-state index in [0.29, 0.717) is 0 Å². The molecule has 0 radical (unpaired) electrons. The summed E-state index contributed by atoms with van der Waals surface area (Å²) in [6.07, 6.45) is 4.61. The Morgan fingerprint density at radius 2 is 2.15 bits per heavy atom. The first-order valence-corrected chi connectivity index (χ1v) is 5.27. The highest BCUT2D eigenvalue weighted by Gasteiger charge is 2.16. The van der Waals surface area contributed by atoms with Crippen LogP contribution in [0.15, 0.2) is 0 Å². The Kier molecular flexibility index (Phi) is 4.83. The quantitative estimate of drug-likeness (QED) is 0.507. The molecule has 76 valence electrons. The van der Waals surface area contributed by atoms with E-state index in [9.17, 15) is 4.79 Å². The molecule has 1 aliphatic rings. The topological polar surface area (TPSA) is 32.3 Å². The van der Waals surface area contributed by atoms with Crippen LogP contribution in [0.25, 0.3) is 0 Å². The molecule has 13 heavy (non-hydrogen) atoms. The fourth-order valence-corrected chi connectivity index (χ4v) is 1.83. The van der Waals surface area contributed by atoms with Crippen LogP contribution in [-0.2, 0) is 4.79 Å². The molecule has 0 unspecified atom stereocenters. The Hall–Kier alpha value is -0.570. The van der Waals surface area contributed by atoms with Crippen molar-refractivity contribution in [1.29, 1.82) is 0 Å². The number of hydrogen-bond acceptors (Lipinski definition) is 2. The van der Waals surface area contributed by atoms with Crippen molar-refractivity contribution in [1.82, 2.24) is 10.2 Å². The van der Waals surface area contributed by atoms with E-state index in [-0.39, 0.29) is 0 Å². The van der Waals surface area contributed by atoms with Gasteiger partial charge in [0.25, 0.3) is 0 Å². The Bertz CT molecular complexity index is 142. The second-order valence-electron chi connectivity index (χ2n) is 3.73. The molecule has 1 heterocycles. The van der Waals surface area contributed by atoms with E-state index in [2.05, 4.69) is 12.2 Å². The van der Waals surface area contributed by atoms with E-state index in [1.54, 1.807) is 0 Å². The van der Waals surface area contributed by atoms with Crippen molar-refractivity contribution in [3.05, 3.63) is 0 Å². The van der Waals surface area contributed by atoms with Gasteiger partial charge >= 0.3 is 0 Å². The van der Waals surface area contributed by atoms with E-state index in [0.717, 1.165) is 38.5 Å². The van der Waals surface area contributed by atoms with E-state index < -0.39 is 0 Å². The third kappa shape index (κ3) is 3.77. The SMILES string of the molecule is CCNCCC1CCN(C=O)CC1. The van der Waals surface area contributed by atoms with Crippen LogP contribution in [-0.4, -0.2) is 37.5 Å². The van der Waals surface area contributed by atoms with Crippen molar-refractivity contribution in [3.63, 3.8) is 0 Å². The number of likely N-dealkylation sites (tertiary alicyclic amines) is 1. The van der Waals surface area contributed by atoms with Crippen molar-refractivity contribution in [2.75, 3.05) is 26.2 Å². The molecular weight excluding hydrogens is 164 g/mol. The summed E-state index contributed by atoms with van der Waals surface area (Å²) in [5.41, 5.74) is 0. The summed E-state index contributed by atoms with van der Waals surface area (Å²) >= 11 is 0. The standard InChI is InChI=1S/C10H20N2O/c1-2-11-6-3-10-4-7-12(9-13)8-5-10/h9-11H,2-8H2,1H3. The second kappa shape index (κ2) is 5.97. The molecular formula is C10H20N2O. The number of carbonyl (C=O) groups excluding carboxylic acids is 1. The van der Waals surface area contributed by atoms with Gasteiger partial charge in [0.2, 0.25) is 6.41 Å². The predicted molar refractivity (Wildman–Crippen MR) is 53.5 cm³/mol. The van der Waals surface area contributed by atoms with Gasteiger partial charge in [-0.15, -0.1) is 0 Å². The van der Waals surface area contributed by atoms with E-state index in [1.807, 2.05) is 4.90 Å². The van der Waals surface area contributed by atoms with Crippen molar-refractivity contribution in [2.45, 2.75) is 26.2 Å². The van der Waals surface area contributed by atoms with E-state index in [4.69, 9.17) is 0 Å². The molecule has 0 spiro atoms. The van der Waals surface area contributed by atoms with Gasteiger partial charge in [0, 0.05) is 13.1 Å². The minimum atomic E-state index is 0.829. The predicted octanol–water partition coefficient (Wildman–Crippen LogP) is 0.854. The van der Waals surface area contributed by atoms with Gasteiger partial charge in [-0.25, -0.2) is 0 Å². The summed E-state index contributed by atoms with van der Waals surface area (Å²) in [5.74, 6) is 0.829. The number of nitrogens with zero attached hydrogens (tertiary/aromatic N) is 1. The number of nitrogens with one attached hydrogen (secondary N) is 1. The first-order chi connectivity index (χ1) is 6.36. The van der Waals surface area contributed by atoms with Crippen LogP contribution in [0.2, 0.25) is 0 Å². The summed E-state index contributed by atoms with van der Waals surface area (Å²) in [7, 11) is 0. The molecule has 0 aromatic carbocycles. The van der Waals surface area contributed by atoms with Crippen LogP contribution in [0, 0.1) is 5.92 Å². The number of rotatable bonds is 5. The average molecular weight is 184 g/mol. The maximum absolute atomic E-state index is 10.4. The van der Waals surface area contributed by atoms with Crippen LogP contribution in [0.1, 0.15) is 26.2 Å². The zero-order valence-corrected chi connectivity index (χ0v) is 8.46. The molecule has 0 saturated carbocycles. The first kappa shape index (κ1) is 10.5. The fourth-order valence-electron chi connectivity index (χ4n) is 1.83. The molecule has 0 aliphatic carbocycles. The van der Waals surface area contributed by atoms with Gasteiger partial charge in [-0.05, 0) is 38.3 Å². The van der Waals surface area contributed by atoms with Gasteiger partial charge in [0.05, 0.1) is 0 Å². The van der Waals surface area contributed by atoms with Crippen LogP contribution in [0.3, 0.4) is 0 Å². The third-order valence-electron chi connectivity index (χ3n) is 2.78. The van der Waals surface area contributed by atoms with Crippen molar-refractivity contribution in [2.24, 2.45) is 5.92 Å². The van der Waals surface area contributed by atoms with Gasteiger partial charge in [-0.1, -0.05) is 6.92 Å². The van der Waals surface area contributed by atoms with Crippen LogP contribution in [0.4, 0.5) is 0 Å². The lowest BCUT2D eigenvalue weighted by Gasteiger charge is -2.29. The molecule has 0 atom stereocenters. The molecule has 1 N–H and O–H groups in total. The number of piperidine rings is 1. The molecule has 1 fully saturated rings. The van der Waals surface area contributed by atoms with Crippen LogP contribution < -0.4 is 5.32 Å². The molecule has 0 aromatic heterocycles. The summed E-state index contributed by atoms with van der Waals surface area (Å²) in [5, 5.41) is 3.34. The van der Waals surface area contributed by atoms with Crippen molar-refractivity contribution < 1.29 is 4.79 Å². The summed E-state index contributed by atoms with van der Waals surface area (Å²) < 4.78 is 0. The van der Waals surface area contributed by atoms with Gasteiger partial charge in [-0.3, -0.25) is 4.79 Å². The van der Waals surface area contributed by atoms with Gasteiger partial charge in [0.15, 0.2) is 0 Å². The van der Waals surface area contributed by atoms with Crippen molar-refractivity contribution >= 4 is 6.41 Å². The summed E-state index contributed by atoms with van der Waals surface area (Å²) in [6.45, 7) is 6.24.